The van der Waals surface area contributed by atoms with Crippen LogP contribution in [-0.2, 0) is 9.53 Å². The zero-order valence-corrected chi connectivity index (χ0v) is 10.5. The van der Waals surface area contributed by atoms with Gasteiger partial charge < -0.3 is 10.1 Å². The molecular weight excluding hydrogens is 238 g/mol. The normalized spacial score (nSPS) is 21.2. The van der Waals surface area contributed by atoms with Crippen molar-refractivity contribution in [3.8, 4) is 0 Å². The first-order valence-corrected chi connectivity index (χ1v) is 6.22. The largest absolute Gasteiger partial charge is 0.368 e. The highest BCUT2D eigenvalue weighted by Gasteiger charge is 2.24. The van der Waals surface area contributed by atoms with Crippen LogP contribution in [0, 0.1) is 0 Å². The molecule has 1 heterocycles. The van der Waals surface area contributed by atoms with Crippen LogP contribution >= 0.6 is 11.6 Å². The highest BCUT2D eigenvalue weighted by molar-refractivity contribution is 6.30. The third kappa shape index (κ3) is 3.20. The molecule has 1 amide bonds. The van der Waals surface area contributed by atoms with Crippen molar-refractivity contribution >= 4 is 17.5 Å². The second-order valence-corrected chi connectivity index (χ2v) is 4.72. The quantitative estimate of drug-likeness (QED) is 0.900. The molecule has 0 radical (unpaired) electrons. The van der Waals surface area contributed by atoms with E-state index < -0.39 is 0 Å². The van der Waals surface area contributed by atoms with Gasteiger partial charge in [0.15, 0.2) is 0 Å². The van der Waals surface area contributed by atoms with Gasteiger partial charge in [-0.25, -0.2) is 0 Å². The number of ether oxygens (including phenoxy) is 1. The van der Waals surface area contributed by atoms with Crippen LogP contribution in [0.4, 0.5) is 0 Å². The maximum atomic E-state index is 11.8. The standard InChI is InChI=1S/C13H16ClNO2/c1-9(10-4-2-5-11(14)8-10)15-13(16)12-6-3-7-17-12/h2,4-5,8-9,12H,3,6-7H2,1H3,(H,15,16)/t9-,12+/m1/s1. The molecule has 1 aromatic rings. The van der Waals surface area contributed by atoms with Crippen LogP contribution in [0.25, 0.3) is 0 Å². The Kier molecular flexibility index (Phi) is 4.02. The van der Waals surface area contributed by atoms with E-state index in [2.05, 4.69) is 5.32 Å². The van der Waals surface area contributed by atoms with Crippen LogP contribution in [-0.4, -0.2) is 18.6 Å². The first-order valence-electron chi connectivity index (χ1n) is 5.84. The molecule has 0 saturated carbocycles. The fourth-order valence-corrected chi connectivity index (χ4v) is 2.15. The van der Waals surface area contributed by atoms with Crippen molar-refractivity contribution in [1.29, 1.82) is 0 Å². The van der Waals surface area contributed by atoms with E-state index in [-0.39, 0.29) is 18.1 Å². The van der Waals surface area contributed by atoms with Gasteiger partial charge in [-0.2, -0.15) is 0 Å². The summed E-state index contributed by atoms with van der Waals surface area (Å²) in [5, 5.41) is 3.62. The molecule has 92 valence electrons. The van der Waals surface area contributed by atoms with E-state index in [1.54, 1.807) is 0 Å². The van der Waals surface area contributed by atoms with Gasteiger partial charge in [0.2, 0.25) is 5.91 Å². The van der Waals surface area contributed by atoms with E-state index in [0.717, 1.165) is 18.4 Å². The fourth-order valence-electron chi connectivity index (χ4n) is 1.95. The van der Waals surface area contributed by atoms with Gasteiger partial charge in [-0.05, 0) is 37.5 Å². The maximum absolute atomic E-state index is 11.8. The van der Waals surface area contributed by atoms with Crippen molar-refractivity contribution in [2.45, 2.75) is 31.9 Å². The Bertz CT molecular complexity index is 402. The summed E-state index contributed by atoms with van der Waals surface area (Å²) >= 11 is 5.92. The Balaban J connectivity index is 1.96. The van der Waals surface area contributed by atoms with E-state index in [0.29, 0.717) is 11.6 Å². The maximum Gasteiger partial charge on any atom is 0.249 e. The molecule has 1 aliphatic heterocycles. The van der Waals surface area contributed by atoms with Crippen molar-refractivity contribution in [2.75, 3.05) is 6.61 Å². The fraction of sp³-hybridized carbons (Fsp3) is 0.462. The second-order valence-electron chi connectivity index (χ2n) is 4.29. The zero-order chi connectivity index (χ0) is 12.3. The lowest BCUT2D eigenvalue weighted by molar-refractivity contribution is -0.130. The van der Waals surface area contributed by atoms with Gasteiger partial charge >= 0.3 is 0 Å². The average molecular weight is 254 g/mol. The summed E-state index contributed by atoms with van der Waals surface area (Å²) in [6.07, 6.45) is 1.49. The first-order chi connectivity index (χ1) is 8.16. The minimum atomic E-state index is -0.281. The lowest BCUT2D eigenvalue weighted by Crippen LogP contribution is -2.35. The van der Waals surface area contributed by atoms with Crippen LogP contribution in [0.15, 0.2) is 24.3 Å². The number of hydrogen-bond donors (Lipinski definition) is 1. The molecule has 0 unspecified atom stereocenters. The van der Waals surface area contributed by atoms with Crippen molar-refractivity contribution in [1.82, 2.24) is 5.32 Å². The highest BCUT2D eigenvalue weighted by Crippen LogP contribution is 2.19. The molecule has 0 aliphatic carbocycles. The van der Waals surface area contributed by atoms with E-state index in [4.69, 9.17) is 16.3 Å². The number of halogens is 1. The van der Waals surface area contributed by atoms with E-state index in [9.17, 15) is 4.79 Å². The molecule has 2 rings (SSSR count). The van der Waals surface area contributed by atoms with Crippen LogP contribution in [0.3, 0.4) is 0 Å². The van der Waals surface area contributed by atoms with Crippen molar-refractivity contribution in [3.63, 3.8) is 0 Å². The summed E-state index contributed by atoms with van der Waals surface area (Å²) < 4.78 is 5.34. The SMILES string of the molecule is C[C@@H](NC(=O)[C@@H]1CCCO1)c1cccc(Cl)c1. The molecule has 1 aliphatic rings. The molecule has 1 fully saturated rings. The Morgan fingerprint density at radius 1 is 1.59 bits per heavy atom. The minimum absolute atomic E-state index is 0.0324. The Morgan fingerprint density at radius 3 is 3.06 bits per heavy atom. The molecular formula is C13H16ClNO2. The number of nitrogens with one attached hydrogen (secondary N) is 1. The second kappa shape index (κ2) is 5.52. The number of hydrogen-bond acceptors (Lipinski definition) is 2. The molecule has 0 bridgehead atoms. The predicted octanol–water partition coefficient (Wildman–Crippen LogP) is 2.70. The number of amides is 1. The average Bonchev–Trinajstić information content (AvgIpc) is 2.82. The molecule has 2 atom stereocenters. The molecule has 0 spiro atoms. The highest BCUT2D eigenvalue weighted by atomic mass is 35.5. The molecule has 1 saturated heterocycles. The topological polar surface area (TPSA) is 38.3 Å². The summed E-state index contributed by atoms with van der Waals surface area (Å²) in [6.45, 7) is 2.63. The van der Waals surface area contributed by atoms with Gasteiger partial charge in [0, 0.05) is 11.6 Å². The van der Waals surface area contributed by atoms with E-state index in [1.165, 1.54) is 0 Å². The summed E-state index contributed by atoms with van der Waals surface area (Å²) in [5.41, 5.74) is 1.00. The lowest BCUT2D eigenvalue weighted by atomic mass is 10.1. The minimum Gasteiger partial charge on any atom is -0.368 e. The number of carbonyl (C=O) groups excluding carboxylic acids is 1. The third-order valence-electron chi connectivity index (χ3n) is 2.93. The number of benzene rings is 1. The summed E-state index contributed by atoms with van der Waals surface area (Å²) in [6, 6.07) is 7.46. The van der Waals surface area contributed by atoms with E-state index in [1.807, 2.05) is 31.2 Å². The van der Waals surface area contributed by atoms with Crippen LogP contribution in [0.1, 0.15) is 31.4 Å². The van der Waals surface area contributed by atoms with Crippen LogP contribution in [0.5, 0.6) is 0 Å². The number of carbonyl (C=O) groups is 1. The Labute approximate surface area is 106 Å². The monoisotopic (exact) mass is 253 g/mol. The third-order valence-corrected chi connectivity index (χ3v) is 3.16. The smallest absolute Gasteiger partial charge is 0.249 e. The molecule has 4 heteroatoms. The molecule has 3 nitrogen and oxygen atoms in total. The first kappa shape index (κ1) is 12.4. The summed E-state index contributed by atoms with van der Waals surface area (Å²) in [4.78, 5) is 11.8. The van der Waals surface area contributed by atoms with Crippen molar-refractivity contribution in [2.24, 2.45) is 0 Å². The lowest BCUT2D eigenvalue weighted by Gasteiger charge is -2.17. The van der Waals surface area contributed by atoms with Crippen LogP contribution in [0.2, 0.25) is 5.02 Å². The molecule has 17 heavy (non-hydrogen) atoms. The van der Waals surface area contributed by atoms with Gasteiger partial charge in [-0.15, -0.1) is 0 Å². The Hall–Kier alpha value is -1.06. The van der Waals surface area contributed by atoms with Crippen LogP contribution < -0.4 is 5.32 Å². The van der Waals surface area contributed by atoms with Gasteiger partial charge in [0.25, 0.3) is 0 Å². The van der Waals surface area contributed by atoms with E-state index >= 15 is 0 Å². The Morgan fingerprint density at radius 2 is 2.41 bits per heavy atom. The molecule has 0 aromatic heterocycles. The van der Waals surface area contributed by atoms with Crippen molar-refractivity contribution in [3.05, 3.63) is 34.9 Å². The zero-order valence-electron chi connectivity index (χ0n) is 9.78. The number of rotatable bonds is 3. The predicted molar refractivity (Wildman–Crippen MR) is 67.0 cm³/mol. The van der Waals surface area contributed by atoms with Gasteiger partial charge in [0.05, 0.1) is 6.04 Å². The van der Waals surface area contributed by atoms with Gasteiger partial charge in [-0.1, -0.05) is 23.7 Å². The van der Waals surface area contributed by atoms with Crippen molar-refractivity contribution < 1.29 is 9.53 Å². The van der Waals surface area contributed by atoms with Gasteiger partial charge in [0.1, 0.15) is 6.10 Å². The summed E-state index contributed by atoms with van der Waals surface area (Å²) in [5.74, 6) is -0.0324. The summed E-state index contributed by atoms with van der Waals surface area (Å²) in [7, 11) is 0. The van der Waals surface area contributed by atoms with Gasteiger partial charge in [-0.3, -0.25) is 4.79 Å². The molecule has 1 N–H and O–H groups in total. The molecule has 1 aromatic carbocycles.